The van der Waals surface area contributed by atoms with Crippen LogP contribution in [0.5, 0.6) is 11.5 Å². The van der Waals surface area contributed by atoms with E-state index in [1.165, 1.54) is 16.0 Å². The summed E-state index contributed by atoms with van der Waals surface area (Å²) in [4.78, 5) is 34.3. The van der Waals surface area contributed by atoms with Crippen LogP contribution in [0.2, 0.25) is 0 Å². The number of rotatable bonds is 9. The monoisotopic (exact) mass is 527 g/mol. The number of amides is 1. The molecule has 3 heterocycles. The van der Waals surface area contributed by atoms with E-state index in [-0.39, 0.29) is 18.1 Å². The number of hydrogen-bond donors (Lipinski definition) is 2. The Bertz CT molecular complexity index is 1610. The predicted octanol–water partition coefficient (Wildman–Crippen LogP) is 4.61. The number of ether oxygens (including phenoxy) is 2. The van der Waals surface area contributed by atoms with E-state index in [0.29, 0.717) is 40.7 Å². The number of carbonyl (C=O) groups excluding carboxylic acids is 1. The van der Waals surface area contributed by atoms with Crippen molar-refractivity contribution in [2.24, 2.45) is 0 Å². The number of thiophene rings is 1. The quantitative estimate of drug-likeness (QED) is 0.290. The van der Waals surface area contributed by atoms with Gasteiger partial charge in [0.05, 0.1) is 17.7 Å². The molecule has 0 atom stereocenters. The van der Waals surface area contributed by atoms with Crippen molar-refractivity contribution >= 4 is 23.1 Å². The average Bonchev–Trinajstić information content (AvgIpc) is 3.61. The number of nitrogens with one attached hydrogen (secondary N) is 2. The lowest BCUT2D eigenvalue weighted by atomic mass is 10.1. The first-order chi connectivity index (χ1) is 18.5. The van der Waals surface area contributed by atoms with Crippen LogP contribution < -0.4 is 20.3 Å². The normalized spacial score (nSPS) is 10.8. The highest BCUT2D eigenvalue weighted by Crippen LogP contribution is 2.27. The molecule has 0 radical (unpaired) electrons. The van der Waals surface area contributed by atoms with Gasteiger partial charge in [-0.25, -0.2) is 4.98 Å². The lowest BCUT2D eigenvalue weighted by molar-refractivity contribution is -0.118. The number of nitrogens with zero attached hydrogens (tertiary/aromatic N) is 3. The average molecular weight is 528 g/mol. The molecule has 0 bridgehead atoms. The Morgan fingerprint density at radius 3 is 2.61 bits per heavy atom. The van der Waals surface area contributed by atoms with Gasteiger partial charge in [0, 0.05) is 24.1 Å². The maximum Gasteiger partial charge on any atom is 0.263 e. The number of benzene rings is 2. The first-order valence-electron chi connectivity index (χ1n) is 11.8. The fourth-order valence-corrected chi connectivity index (χ4v) is 4.58. The Labute approximate surface area is 222 Å². The molecule has 2 N–H and O–H groups in total. The van der Waals surface area contributed by atoms with E-state index in [0.717, 1.165) is 10.4 Å². The second-order valence-electron chi connectivity index (χ2n) is 8.44. The van der Waals surface area contributed by atoms with Crippen molar-refractivity contribution in [1.82, 2.24) is 19.7 Å². The molecule has 192 valence electrons. The van der Waals surface area contributed by atoms with Crippen molar-refractivity contribution in [3.05, 3.63) is 105 Å². The molecule has 3 aromatic heterocycles. The first-order valence-corrected chi connectivity index (χ1v) is 12.7. The number of aromatic nitrogens is 4. The lowest BCUT2D eigenvalue weighted by Crippen LogP contribution is -2.24. The highest BCUT2D eigenvalue weighted by Gasteiger charge is 2.18. The van der Waals surface area contributed by atoms with Crippen LogP contribution >= 0.6 is 11.3 Å². The Kier molecular flexibility index (Phi) is 7.32. The molecule has 38 heavy (non-hydrogen) atoms. The van der Waals surface area contributed by atoms with Crippen LogP contribution in [0.25, 0.3) is 16.5 Å². The van der Waals surface area contributed by atoms with Gasteiger partial charge in [0.15, 0.2) is 6.61 Å². The summed E-state index contributed by atoms with van der Waals surface area (Å²) in [7, 11) is 1.56. The second kappa shape index (κ2) is 11.1. The zero-order valence-electron chi connectivity index (χ0n) is 20.8. The van der Waals surface area contributed by atoms with Crippen LogP contribution in [-0.4, -0.2) is 39.4 Å². The number of carbonyl (C=O) groups is 1. The van der Waals surface area contributed by atoms with Gasteiger partial charge < -0.3 is 14.8 Å². The van der Waals surface area contributed by atoms with E-state index < -0.39 is 5.91 Å². The predicted molar refractivity (Wildman–Crippen MR) is 146 cm³/mol. The number of aryl methyl sites for hydroxylation is 1. The van der Waals surface area contributed by atoms with E-state index in [1.54, 1.807) is 44.4 Å². The highest BCUT2D eigenvalue weighted by atomic mass is 32.1. The zero-order valence-corrected chi connectivity index (χ0v) is 21.6. The molecule has 9 nitrogen and oxygen atoms in total. The molecular weight excluding hydrogens is 502 g/mol. The van der Waals surface area contributed by atoms with E-state index in [4.69, 9.17) is 9.47 Å². The van der Waals surface area contributed by atoms with E-state index in [9.17, 15) is 9.59 Å². The number of H-pyrrole nitrogens is 1. The summed E-state index contributed by atoms with van der Waals surface area (Å²) in [5.74, 6) is 1.29. The largest absolute Gasteiger partial charge is 0.497 e. The second-order valence-corrected chi connectivity index (χ2v) is 9.38. The lowest BCUT2D eigenvalue weighted by Gasteiger charge is -2.11. The molecule has 5 rings (SSSR count). The van der Waals surface area contributed by atoms with Gasteiger partial charge >= 0.3 is 0 Å². The minimum absolute atomic E-state index is 0.205. The fourth-order valence-electron chi connectivity index (χ4n) is 3.90. The minimum Gasteiger partial charge on any atom is -0.497 e. The third-order valence-electron chi connectivity index (χ3n) is 5.80. The van der Waals surface area contributed by atoms with Crippen LogP contribution in [0.15, 0.2) is 83.0 Å². The van der Waals surface area contributed by atoms with E-state index in [1.807, 2.05) is 47.8 Å². The van der Waals surface area contributed by atoms with Gasteiger partial charge in [-0.15, -0.1) is 11.3 Å². The summed E-state index contributed by atoms with van der Waals surface area (Å²) in [6, 6.07) is 22.3. The fraction of sp³-hybridized carbons (Fsp3) is 0.143. The Morgan fingerprint density at radius 2 is 1.87 bits per heavy atom. The maximum absolute atomic E-state index is 13.1. The van der Waals surface area contributed by atoms with Crippen molar-refractivity contribution in [3.8, 4) is 28.0 Å². The molecule has 0 saturated carbocycles. The van der Waals surface area contributed by atoms with Crippen molar-refractivity contribution in [2.75, 3.05) is 19.0 Å². The zero-order chi connectivity index (χ0) is 26.5. The third-order valence-corrected chi connectivity index (χ3v) is 6.69. The van der Waals surface area contributed by atoms with Gasteiger partial charge in [0.2, 0.25) is 5.95 Å². The molecule has 0 aliphatic carbocycles. The standard InChI is InChI=1S/C28H25N5O4S/c1-18-22(14-19-8-4-3-5-9-19)27(35)31-28(29-18)33-25(16-23(32-33)24-12-7-13-38-24)30-26(34)17-37-21-11-6-10-20(15-21)36-2/h3-13,15-16H,14,17H2,1-2H3,(H,30,34)(H,29,31,35). The van der Waals surface area contributed by atoms with Crippen LogP contribution in [-0.2, 0) is 11.2 Å². The van der Waals surface area contributed by atoms with Gasteiger partial charge in [-0.1, -0.05) is 42.5 Å². The molecule has 0 aliphatic heterocycles. The van der Waals surface area contributed by atoms with Crippen LogP contribution in [0.1, 0.15) is 16.8 Å². The van der Waals surface area contributed by atoms with Gasteiger partial charge in [-0.2, -0.15) is 9.78 Å². The minimum atomic E-state index is -0.397. The molecular formula is C28H25N5O4S. The summed E-state index contributed by atoms with van der Waals surface area (Å²) < 4.78 is 12.2. The van der Waals surface area contributed by atoms with E-state index in [2.05, 4.69) is 20.4 Å². The van der Waals surface area contributed by atoms with Gasteiger partial charge in [0.25, 0.3) is 11.5 Å². The van der Waals surface area contributed by atoms with Gasteiger partial charge in [0.1, 0.15) is 23.0 Å². The summed E-state index contributed by atoms with van der Waals surface area (Å²) in [6.07, 6.45) is 0.458. The van der Waals surface area contributed by atoms with Crippen molar-refractivity contribution in [3.63, 3.8) is 0 Å². The number of methoxy groups -OCH3 is 1. The SMILES string of the molecule is COc1cccc(OCC(=O)Nc2cc(-c3cccs3)nn2-c2nc(C)c(Cc3ccccc3)c(=O)[nH]2)c1. The van der Waals surface area contributed by atoms with Gasteiger partial charge in [-0.05, 0) is 36.1 Å². The first kappa shape index (κ1) is 25.0. The topological polar surface area (TPSA) is 111 Å². The van der Waals surface area contributed by atoms with Gasteiger partial charge in [-0.3, -0.25) is 14.6 Å². The summed E-state index contributed by atoms with van der Waals surface area (Å²) in [5, 5.41) is 9.41. The molecule has 0 unspecified atom stereocenters. The smallest absolute Gasteiger partial charge is 0.263 e. The maximum atomic E-state index is 13.1. The molecule has 1 amide bonds. The Balaban J connectivity index is 1.42. The van der Waals surface area contributed by atoms with Crippen molar-refractivity contribution in [2.45, 2.75) is 13.3 Å². The molecule has 2 aromatic carbocycles. The number of hydrogen-bond acceptors (Lipinski definition) is 7. The molecule has 10 heteroatoms. The molecule has 0 spiro atoms. The summed E-state index contributed by atoms with van der Waals surface area (Å²) in [5.41, 5.74) is 2.54. The highest BCUT2D eigenvalue weighted by molar-refractivity contribution is 7.13. The van der Waals surface area contributed by atoms with Crippen LogP contribution in [0.4, 0.5) is 5.82 Å². The summed E-state index contributed by atoms with van der Waals surface area (Å²) >= 11 is 1.52. The molecule has 0 saturated heterocycles. The van der Waals surface area contributed by atoms with E-state index >= 15 is 0 Å². The van der Waals surface area contributed by atoms with Crippen molar-refractivity contribution < 1.29 is 14.3 Å². The summed E-state index contributed by atoms with van der Waals surface area (Å²) in [6.45, 7) is 1.56. The number of aromatic amines is 1. The van der Waals surface area contributed by atoms with Crippen LogP contribution in [0, 0.1) is 6.92 Å². The molecule has 0 aliphatic rings. The Morgan fingerprint density at radius 1 is 1.05 bits per heavy atom. The molecule has 0 fully saturated rings. The number of anilines is 1. The third kappa shape index (κ3) is 5.65. The van der Waals surface area contributed by atoms with Crippen molar-refractivity contribution in [1.29, 1.82) is 0 Å². The van der Waals surface area contributed by atoms with Crippen LogP contribution in [0.3, 0.4) is 0 Å². The Hall–Kier alpha value is -4.70. The molecule has 5 aromatic rings.